The van der Waals surface area contributed by atoms with Crippen molar-refractivity contribution < 1.29 is 45.9 Å². The van der Waals surface area contributed by atoms with Gasteiger partial charge in [0.2, 0.25) is 0 Å². The molecule has 0 atom stereocenters. The molecule has 1 aliphatic rings. The molecule has 0 unspecified atom stereocenters. The molecule has 0 amide bonds. The number of benzene rings is 4. The van der Waals surface area contributed by atoms with Gasteiger partial charge in [0.15, 0.2) is 45.5 Å². The lowest BCUT2D eigenvalue weighted by Crippen LogP contribution is -2.46. The van der Waals surface area contributed by atoms with Gasteiger partial charge in [0.25, 0.3) is 0 Å². The second-order valence-electron chi connectivity index (χ2n) is 9.17. The number of nitrogens with one attached hydrogen (secondary N) is 4. The van der Waals surface area contributed by atoms with Crippen molar-refractivity contribution in [2.45, 2.75) is 0 Å². The molecule has 8 bridgehead atoms. The first-order valence-corrected chi connectivity index (χ1v) is 11.4. The second kappa shape index (κ2) is 8.76. The summed E-state index contributed by atoms with van der Waals surface area (Å²) in [5.74, 6) is 0. The highest BCUT2D eigenvalue weighted by atomic mass is 15.0. The lowest BCUT2D eigenvalue weighted by atomic mass is 10.1. The Morgan fingerprint density at radius 2 is 0.389 bits per heavy atom. The van der Waals surface area contributed by atoms with Crippen molar-refractivity contribution in [2.24, 2.45) is 0 Å². The number of anilines is 8. The summed E-state index contributed by atoms with van der Waals surface area (Å²) in [5, 5.41) is 14.0. The molecular formula is C24H36N12+8. The molecule has 36 heavy (non-hydrogen) atoms. The third kappa shape index (κ3) is 4.29. The average molecular weight is 493 g/mol. The van der Waals surface area contributed by atoms with Gasteiger partial charge in [0.05, 0.1) is 24.3 Å². The first kappa shape index (κ1) is 23.5. The van der Waals surface area contributed by atoms with Crippen LogP contribution >= 0.6 is 0 Å². The summed E-state index contributed by atoms with van der Waals surface area (Å²) in [7, 11) is 0. The lowest BCUT2D eigenvalue weighted by Gasteiger charge is -2.17. The Morgan fingerprint density at radius 3 is 0.528 bits per heavy atom. The minimum absolute atomic E-state index is 0.820. The van der Waals surface area contributed by atoms with Gasteiger partial charge in [-0.15, -0.1) is 0 Å². The number of quaternary nitrogens is 8. The molecule has 0 spiro atoms. The standard InChI is InChI=1S/C24H28N12/c25-9-1-10(26)18-5-17(9)33-19-6-21(13(29)2-11(19)27)35-23-8-24(16(32)4-15(23)31)36-22-7-20(34-18)12(28)3-14(22)30/h1-8,33-36H,25-32H2/p+8. The van der Waals surface area contributed by atoms with Crippen LogP contribution in [0.5, 0.6) is 0 Å². The van der Waals surface area contributed by atoms with Crippen LogP contribution in [0.15, 0.2) is 48.5 Å². The number of hydrogen-bond donors (Lipinski definition) is 12. The van der Waals surface area contributed by atoms with Gasteiger partial charge in [-0.25, -0.2) is 0 Å². The molecule has 0 saturated carbocycles. The summed E-state index contributed by atoms with van der Waals surface area (Å²) >= 11 is 0. The normalized spacial score (nSPS) is 12.2. The maximum atomic E-state index is 4.21. The van der Waals surface area contributed by atoms with E-state index in [1.807, 2.05) is 48.5 Å². The van der Waals surface area contributed by atoms with Gasteiger partial charge < -0.3 is 67.1 Å². The van der Waals surface area contributed by atoms with Crippen LogP contribution in [-0.4, -0.2) is 0 Å². The highest BCUT2D eigenvalue weighted by Gasteiger charge is 2.21. The van der Waals surface area contributed by atoms with Gasteiger partial charge in [-0.2, -0.15) is 0 Å². The molecule has 0 radical (unpaired) electrons. The predicted molar refractivity (Wildman–Crippen MR) is 139 cm³/mol. The van der Waals surface area contributed by atoms with Crippen molar-refractivity contribution in [3.63, 3.8) is 0 Å². The predicted octanol–water partition coefficient (Wildman–Crippen LogP) is -2.04. The molecule has 0 aromatic heterocycles. The van der Waals surface area contributed by atoms with Crippen molar-refractivity contribution in [3.8, 4) is 0 Å². The topological polar surface area (TPSA) is 269 Å². The molecule has 0 saturated heterocycles. The smallest absolute Gasteiger partial charge is 0.157 e. The summed E-state index contributed by atoms with van der Waals surface area (Å²) < 4.78 is 0. The number of hydrogen-bond acceptors (Lipinski definition) is 4. The molecule has 4 aromatic rings. The third-order valence-electron chi connectivity index (χ3n) is 6.39. The Labute approximate surface area is 207 Å². The molecule has 12 nitrogen and oxygen atoms in total. The van der Waals surface area contributed by atoms with E-state index < -0.39 is 0 Å². The van der Waals surface area contributed by atoms with E-state index in [1.54, 1.807) is 0 Å². The first-order chi connectivity index (χ1) is 17.1. The molecular weight excluding hydrogens is 456 g/mol. The van der Waals surface area contributed by atoms with Gasteiger partial charge in [0, 0.05) is 0 Å². The fraction of sp³-hybridized carbons (Fsp3) is 0. The van der Waals surface area contributed by atoms with Crippen molar-refractivity contribution >= 4 is 91.0 Å². The summed E-state index contributed by atoms with van der Waals surface area (Å²) in [6, 6.07) is 15.8. The highest BCUT2D eigenvalue weighted by molar-refractivity contribution is 5.91. The van der Waals surface area contributed by atoms with Crippen LogP contribution < -0.4 is 67.1 Å². The summed E-state index contributed by atoms with van der Waals surface area (Å²) in [6.45, 7) is 0. The van der Waals surface area contributed by atoms with Crippen LogP contribution in [0.25, 0.3) is 0 Å². The Bertz CT molecular complexity index is 1210. The zero-order chi connectivity index (χ0) is 25.7. The van der Waals surface area contributed by atoms with Gasteiger partial charge in [0.1, 0.15) is 45.5 Å². The molecule has 12 heteroatoms. The third-order valence-corrected chi connectivity index (χ3v) is 6.39. The van der Waals surface area contributed by atoms with Gasteiger partial charge in [-0.1, -0.05) is 0 Å². The zero-order valence-electron chi connectivity index (χ0n) is 20.3. The van der Waals surface area contributed by atoms with Crippen LogP contribution in [0.3, 0.4) is 0 Å². The SMILES string of the molecule is [NH3+]c1cc([NH3+])c2cc1Nc1cc(c([NH3+])cc1[NH3+])Nc1cc(c([NH3+])cc1[NH3+])Nc1cc(c([NH3+])cc1[NH3+])N2. The largest absolute Gasteiger partial charge is 0.346 e. The molecule has 0 fully saturated rings. The van der Waals surface area contributed by atoms with Crippen LogP contribution in [0.1, 0.15) is 0 Å². The highest BCUT2D eigenvalue weighted by Crippen LogP contribution is 2.40. The van der Waals surface area contributed by atoms with Crippen LogP contribution in [0.4, 0.5) is 91.0 Å². The van der Waals surface area contributed by atoms with Crippen molar-refractivity contribution in [2.75, 3.05) is 21.3 Å². The molecule has 28 N–H and O–H groups in total. The molecule has 184 valence electrons. The number of rotatable bonds is 0. The molecule has 0 aliphatic carbocycles. The van der Waals surface area contributed by atoms with Crippen molar-refractivity contribution in [1.29, 1.82) is 0 Å². The van der Waals surface area contributed by atoms with E-state index in [1.165, 1.54) is 0 Å². The Morgan fingerprint density at radius 1 is 0.250 bits per heavy atom. The van der Waals surface area contributed by atoms with Gasteiger partial charge in [-0.3, -0.25) is 0 Å². The van der Waals surface area contributed by atoms with Crippen molar-refractivity contribution in [3.05, 3.63) is 48.5 Å². The van der Waals surface area contributed by atoms with Gasteiger partial charge >= 0.3 is 0 Å². The van der Waals surface area contributed by atoms with E-state index >= 15 is 0 Å². The van der Waals surface area contributed by atoms with E-state index in [2.05, 4.69) is 67.1 Å². The maximum absolute atomic E-state index is 4.21. The molecule has 1 aliphatic heterocycles. The van der Waals surface area contributed by atoms with Crippen LogP contribution in [0, 0.1) is 0 Å². The maximum Gasteiger partial charge on any atom is 0.157 e. The van der Waals surface area contributed by atoms with Crippen molar-refractivity contribution in [1.82, 2.24) is 0 Å². The fourth-order valence-corrected chi connectivity index (χ4v) is 4.29. The van der Waals surface area contributed by atoms with E-state index in [4.69, 9.17) is 0 Å². The Hall–Kier alpha value is -4.24. The van der Waals surface area contributed by atoms with Gasteiger partial charge in [-0.05, 0) is 24.3 Å². The lowest BCUT2D eigenvalue weighted by molar-refractivity contribution is -0.265. The van der Waals surface area contributed by atoms with E-state index in [0.717, 1.165) is 91.0 Å². The molecule has 5 rings (SSSR count). The minimum atomic E-state index is 0.820. The molecule has 4 aromatic carbocycles. The number of fused-ring (bicyclic) bond motifs is 8. The minimum Gasteiger partial charge on any atom is -0.346 e. The Kier molecular flexibility index (Phi) is 5.72. The fourth-order valence-electron chi connectivity index (χ4n) is 4.29. The Balaban J connectivity index is 1.75. The average Bonchev–Trinajstić information content (AvgIpc) is 2.79. The zero-order valence-corrected chi connectivity index (χ0v) is 20.3. The summed E-state index contributed by atoms with van der Waals surface area (Å²) in [5.41, 5.74) is 46.9. The first-order valence-electron chi connectivity index (χ1n) is 11.4. The monoisotopic (exact) mass is 492 g/mol. The van der Waals surface area contributed by atoms with Crippen LogP contribution in [-0.2, 0) is 0 Å². The quantitative estimate of drug-likeness (QED) is 0.116. The van der Waals surface area contributed by atoms with E-state index in [-0.39, 0.29) is 0 Å². The summed E-state index contributed by atoms with van der Waals surface area (Å²) in [6.07, 6.45) is 0. The van der Waals surface area contributed by atoms with E-state index in [0.29, 0.717) is 0 Å². The summed E-state index contributed by atoms with van der Waals surface area (Å²) in [4.78, 5) is 0. The second-order valence-corrected chi connectivity index (χ2v) is 9.17. The van der Waals surface area contributed by atoms with E-state index in [9.17, 15) is 0 Å². The van der Waals surface area contributed by atoms with Crippen LogP contribution in [0.2, 0.25) is 0 Å². The molecule has 1 heterocycles.